The van der Waals surface area contributed by atoms with Crippen LogP contribution in [0.5, 0.6) is 0 Å². The molecular formula is C44H81NO12P+. The molecular weight excluding hydrogens is 765 g/mol. The molecule has 0 aromatic rings. The lowest BCUT2D eigenvalue weighted by atomic mass is 9.89. The van der Waals surface area contributed by atoms with E-state index in [1.165, 1.54) is 64.2 Å². The molecule has 58 heavy (non-hydrogen) atoms. The molecule has 13 nitrogen and oxygen atoms in total. The Morgan fingerprint density at radius 1 is 0.776 bits per heavy atom. The Hall–Kier alpha value is -1.67. The maximum atomic E-state index is 12.8. The van der Waals surface area contributed by atoms with E-state index in [-0.39, 0.29) is 56.2 Å². The zero-order valence-electron chi connectivity index (χ0n) is 36.7. The lowest BCUT2D eigenvalue weighted by Gasteiger charge is -2.27. The molecule has 1 aliphatic heterocycles. The molecule has 7 unspecified atom stereocenters. The average Bonchev–Trinajstić information content (AvgIpc) is 3.79. The van der Waals surface area contributed by atoms with Crippen molar-refractivity contribution in [3.05, 3.63) is 24.3 Å². The van der Waals surface area contributed by atoms with E-state index < -0.39 is 32.5 Å². The van der Waals surface area contributed by atoms with Gasteiger partial charge in [-0.05, 0) is 32.1 Å². The van der Waals surface area contributed by atoms with Crippen LogP contribution in [0.4, 0.5) is 0 Å². The van der Waals surface area contributed by atoms with Crippen LogP contribution in [0.2, 0.25) is 0 Å². The van der Waals surface area contributed by atoms with Gasteiger partial charge in [0.25, 0.3) is 0 Å². The fourth-order valence-corrected chi connectivity index (χ4v) is 8.08. The minimum atomic E-state index is -4.43. The molecule has 7 atom stereocenters. The standard InChI is InChI=1S/C44H80NO12P/c1-6-8-10-11-12-13-14-15-16-17-18-19-24-28-43(46)51-35-38(36-53-58(49,50)52-33-32-45(3,4)5)54-44(47)29-25-21-20-23-27-39-40(42-34-41(39)56-57-42)31-30-37(55-48)26-22-9-7-2/h20,23,30-31,37-42H,6-19,21-22,24-29,32-36H2,1-5H3,(H-,48,49,50)/p+1/b23-20-,31-30+. The van der Waals surface area contributed by atoms with E-state index in [1.54, 1.807) is 0 Å². The Labute approximate surface area is 350 Å². The van der Waals surface area contributed by atoms with Crippen LogP contribution in [0.15, 0.2) is 24.3 Å². The van der Waals surface area contributed by atoms with E-state index in [9.17, 15) is 24.3 Å². The molecule has 1 saturated heterocycles. The maximum absolute atomic E-state index is 12.8. The summed E-state index contributed by atoms with van der Waals surface area (Å²) in [5, 5.41) is 9.35. The number of fused-ring (bicyclic) bond motifs is 2. The Balaban J connectivity index is 1.75. The largest absolute Gasteiger partial charge is 0.472 e. The van der Waals surface area contributed by atoms with Crippen molar-refractivity contribution in [3.8, 4) is 0 Å². The van der Waals surface area contributed by atoms with Crippen molar-refractivity contribution in [2.24, 2.45) is 11.8 Å². The predicted octanol–water partition coefficient (Wildman–Crippen LogP) is 10.2. The molecule has 2 rings (SSSR count). The van der Waals surface area contributed by atoms with Gasteiger partial charge in [-0.3, -0.25) is 23.9 Å². The van der Waals surface area contributed by atoms with Gasteiger partial charge in [0.05, 0.1) is 33.9 Å². The number of phosphoric acid groups is 1. The van der Waals surface area contributed by atoms with Crippen LogP contribution in [0.3, 0.4) is 0 Å². The summed E-state index contributed by atoms with van der Waals surface area (Å²) in [4.78, 5) is 51.4. The summed E-state index contributed by atoms with van der Waals surface area (Å²) in [5.74, 6) is -0.531. The average molecular weight is 847 g/mol. The molecule has 14 heteroatoms. The molecule has 0 aromatic carbocycles. The summed E-state index contributed by atoms with van der Waals surface area (Å²) in [6.07, 6.45) is 29.6. The fraction of sp³-hybridized carbons (Fsp3) is 0.864. The molecule has 2 bridgehead atoms. The summed E-state index contributed by atoms with van der Waals surface area (Å²) in [5.41, 5.74) is 0. The number of nitrogens with zero attached hydrogens (tertiary/aromatic N) is 1. The highest BCUT2D eigenvalue weighted by Gasteiger charge is 2.49. The summed E-state index contributed by atoms with van der Waals surface area (Å²) >= 11 is 0. The van der Waals surface area contributed by atoms with E-state index >= 15 is 0 Å². The Kier molecular flexibility index (Phi) is 28.2. The molecule has 1 aliphatic carbocycles. The molecule has 0 amide bonds. The number of allylic oxidation sites excluding steroid dienone is 2. The number of hydrogen-bond acceptors (Lipinski definition) is 11. The first-order valence-corrected chi connectivity index (χ1v) is 24.1. The smallest absolute Gasteiger partial charge is 0.462 e. The van der Waals surface area contributed by atoms with Gasteiger partial charge in [0.2, 0.25) is 0 Å². The van der Waals surface area contributed by atoms with Gasteiger partial charge < -0.3 is 18.9 Å². The number of unbranched alkanes of at least 4 members (excludes halogenated alkanes) is 15. The number of likely N-dealkylation sites (N-methyl/N-ethyl adjacent to an activating group) is 1. The topological polar surface area (TPSA) is 156 Å². The quantitative estimate of drug-likeness (QED) is 0.0116. The Bertz CT molecular complexity index is 1190. The number of ether oxygens (including phenoxy) is 2. The molecule has 0 aromatic heterocycles. The molecule has 2 fully saturated rings. The highest BCUT2D eigenvalue weighted by atomic mass is 31.2. The molecule has 1 saturated carbocycles. The van der Waals surface area contributed by atoms with Gasteiger partial charge in [0, 0.05) is 31.1 Å². The van der Waals surface area contributed by atoms with Crippen molar-refractivity contribution in [1.82, 2.24) is 0 Å². The second-order valence-electron chi connectivity index (χ2n) is 17.3. The van der Waals surface area contributed by atoms with Gasteiger partial charge in [-0.1, -0.05) is 134 Å². The van der Waals surface area contributed by atoms with E-state index in [1.807, 2.05) is 33.3 Å². The second kappa shape index (κ2) is 31.2. The Morgan fingerprint density at radius 2 is 1.38 bits per heavy atom. The number of carbonyl (C=O) groups is 2. The first-order valence-electron chi connectivity index (χ1n) is 22.6. The minimum Gasteiger partial charge on any atom is -0.462 e. The van der Waals surface area contributed by atoms with Crippen molar-refractivity contribution >= 4 is 19.8 Å². The number of rotatable bonds is 37. The van der Waals surface area contributed by atoms with Gasteiger partial charge in [-0.25, -0.2) is 19.2 Å². The van der Waals surface area contributed by atoms with Crippen LogP contribution in [0.1, 0.15) is 162 Å². The lowest BCUT2D eigenvalue weighted by Crippen LogP contribution is -2.37. The molecule has 1 heterocycles. The number of carbonyl (C=O) groups excluding carboxylic acids is 2. The van der Waals surface area contributed by atoms with Crippen molar-refractivity contribution in [1.29, 1.82) is 0 Å². The zero-order chi connectivity index (χ0) is 42.5. The van der Waals surface area contributed by atoms with Crippen LogP contribution in [-0.2, 0) is 47.3 Å². The normalized spacial score (nSPS) is 21.5. The van der Waals surface area contributed by atoms with E-state index in [4.69, 9.17) is 33.2 Å². The van der Waals surface area contributed by atoms with E-state index in [0.717, 1.165) is 57.8 Å². The molecule has 2 N–H and O–H groups in total. The van der Waals surface area contributed by atoms with Gasteiger partial charge in [-0.2, -0.15) is 0 Å². The summed E-state index contributed by atoms with van der Waals surface area (Å²) < 4.78 is 34.4. The molecule has 0 spiro atoms. The van der Waals surface area contributed by atoms with Crippen LogP contribution >= 0.6 is 7.82 Å². The van der Waals surface area contributed by atoms with Crippen LogP contribution in [-0.4, -0.2) is 98.5 Å². The minimum absolute atomic E-state index is 0.00175. The van der Waals surface area contributed by atoms with Crippen LogP contribution in [0.25, 0.3) is 0 Å². The SMILES string of the molecule is CCCCCCCCCCCCCCCC(=O)OCC(COP(=O)(O)OCC[N+](C)(C)C)OC(=O)CCC/C=C\CC1C2CC(OO2)C1/C=C/C(CCCCC)OO. The summed E-state index contributed by atoms with van der Waals surface area (Å²) in [7, 11) is 1.37. The van der Waals surface area contributed by atoms with Crippen LogP contribution < -0.4 is 0 Å². The van der Waals surface area contributed by atoms with E-state index in [0.29, 0.717) is 23.9 Å². The van der Waals surface area contributed by atoms with Crippen molar-refractivity contribution in [2.45, 2.75) is 186 Å². The van der Waals surface area contributed by atoms with Crippen molar-refractivity contribution in [2.75, 3.05) is 47.5 Å². The first kappa shape index (κ1) is 52.5. The molecule has 2 aliphatic rings. The predicted molar refractivity (Wildman–Crippen MR) is 226 cm³/mol. The van der Waals surface area contributed by atoms with Gasteiger partial charge in [0.1, 0.15) is 32.0 Å². The second-order valence-corrected chi connectivity index (χ2v) is 18.7. The molecule has 338 valence electrons. The summed E-state index contributed by atoms with van der Waals surface area (Å²) in [6, 6.07) is 0. The van der Waals surface area contributed by atoms with Gasteiger partial charge in [0.15, 0.2) is 6.10 Å². The number of hydrogen-bond donors (Lipinski definition) is 2. The lowest BCUT2D eigenvalue weighted by molar-refractivity contribution is -0.870. The monoisotopic (exact) mass is 847 g/mol. The van der Waals surface area contributed by atoms with E-state index in [2.05, 4.69) is 26.0 Å². The highest BCUT2D eigenvalue weighted by Crippen LogP contribution is 2.45. The van der Waals surface area contributed by atoms with Gasteiger partial charge in [-0.15, -0.1) is 0 Å². The Morgan fingerprint density at radius 3 is 2.02 bits per heavy atom. The number of phosphoric ester groups is 1. The molecule has 0 radical (unpaired) electrons. The third kappa shape index (κ3) is 25.2. The van der Waals surface area contributed by atoms with Crippen molar-refractivity contribution < 1.29 is 62.0 Å². The maximum Gasteiger partial charge on any atom is 0.472 e. The zero-order valence-corrected chi connectivity index (χ0v) is 37.6. The number of quaternary nitrogens is 1. The third-order valence-electron chi connectivity index (χ3n) is 10.9. The fourth-order valence-electron chi connectivity index (χ4n) is 7.33. The first-order chi connectivity index (χ1) is 27.9. The summed E-state index contributed by atoms with van der Waals surface area (Å²) in [6.45, 7) is 4.14. The van der Waals surface area contributed by atoms with Crippen molar-refractivity contribution in [3.63, 3.8) is 0 Å². The van der Waals surface area contributed by atoms with Gasteiger partial charge >= 0.3 is 19.8 Å². The number of esters is 2. The van der Waals surface area contributed by atoms with Crippen LogP contribution in [0, 0.1) is 11.8 Å². The third-order valence-corrected chi connectivity index (χ3v) is 11.9. The highest BCUT2D eigenvalue weighted by molar-refractivity contribution is 7.47.